The third-order valence-corrected chi connectivity index (χ3v) is 0.729. The van der Waals surface area contributed by atoms with E-state index in [1.807, 2.05) is 20.8 Å². The summed E-state index contributed by atoms with van der Waals surface area (Å²) in [6, 6.07) is 0. The van der Waals surface area contributed by atoms with E-state index in [-0.39, 0.29) is 0 Å². The number of hydrazine groups is 1. The molecular formula is C8H18N2. The first-order chi connectivity index (χ1) is 4.66. The standard InChI is InChI=1S/C6H12N2.C2H6/c1-4-6(2)5-8(3)7;1-2/h4-5H,1,7H2,2-3H3;1-2H3/b6-5-;. The maximum atomic E-state index is 5.28. The van der Waals surface area contributed by atoms with Gasteiger partial charge >= 0.3 is 0 Å². The van der Waals surface area contributed by atoms with Crippen LogP contribution in [0.15, 0.2) is 24.4 Å². The van der Waals surface area contributed by atoms with Crippen molar-refractivity contribution in [3.05, 3.63) is 24.4 Å². The predicted octanol–water partition coefficient (Wildman–Crippen LogP) is 1.91. The number of hydrogen-bond donors (Lipinski definition) is 1. The number of nitrogens with two attached hydrogens (primary N) is 1. The SMILES string of the molecule is C=C/C(C)=C\N(C)N.CC. The summed E-state index contributed by atoms with van der Waals surface area (Å²) in [5.74, 6) is 5.28. The molecule has 0 unspecified atom stereocenters. The van der Waals surface area contributed by atoms with Crippen LogP contribution in [0.4, 0.5) is 0 Å². The van der Waals surface area contributed by atoms with E-state index >= 15 is 0 Å². The number of hydrogen-bond acceptors (Lipinski definition) is 2. The normalized spacial score (nSPS) is 9.50. The van der Waals surface area contributed by atoms with Crippen LogP contribution < -0.4 is 5.84 Å². The zero-order chi connectivity index (χ0) is 8.57. The van der Waals surface area contributed by atoms with Crippen LogP contribution in [0.3, 0.4) is 0 Å². The molecular weight excluding hydrogens is 124 g/mol. The third kappa shape index (κ3) is 10.3. The molecule has 0 spiro atoms. The van der Waals surface area contributed by atoms with Gasteiger partial charge in [-0.15, -0.1) is 0 Å². The highest BCUT2D eigenvalue weighted by Gasteiger charge is 1.78. The van der Waals surface area contributed by atoms with E-state index in [0.29, 0.717) is 0 Å². The molecule has 0 radical (unpaired) electrons. The van der Waals surface area contributed by atoms with Crippen molar-refractivity contribution in [3.8, 4) is 0 Å². The van der Waals surface area contributed by atoms with E-state index in [4.69, 9.17) is 5.84 Å². The van der Waals surface area contributed by atoms with Crippen LogP contribution in [0, 0.1) is 0 Å². The average molecular weight is 142 g/mol. The monoisotopic (exact) mass is 142 g/mol. The molecule has 2 heteroatoms. The van der Waals surface area contributed by atoms with Crippen molar-refractivity contribution in [2.45, 2.75) is 20.8 Å². The van der Waals surface area contributed by atoms with E-state index in [0.717, 1.165) is 5.57 Å². The molecule has 0 aromatic carbocycles. The molecule has 0 aliphatic rings. The minimum Gasteiger partial charge on any atom is -0.321 e. The van der Waals surface area contributed by atoms with E-state index in [1.165, 1.54) is 5.01 Å². The fourth-order valence-electron chi connectivity index (χ4n) is 0.374. The zero-order valence-corrected chi connectivity index (χ0v) is 7.39. The van der Waals surface area contributed by atoms with Gasteiger partial charge in [-0.25, -0.2) is 5.84 Å². The summed E-state index contributed by atoms with van der Waals surface area (Å²) in [6.45, 7) is 9.50. The van der Waals surface area contributed by atoms with E-state index in [9.17, 15) is 0 Å². The second-order valence-corrected chi connectivity index (χ2v) is 1.74. The van der Waals surface area contributed by atoms with Crippen molar-refractivity contribution in [3.63, 3.8) is 0 Å². The molecule has 0 aliphatic carbocycles. The molecule has 10 heavy (non-hydrogen) atoms. The van der Waals surface area contributed by atoms with Gasteiger partial charge in [0.1, 0.15) is 0 Å². The Morgan fingerprint density at radius 2 is 1.90 bits per heavy atom. The molecule has 0 amide bonds. The van der Waals surface area contributed by atoms with Crippen LogP contribution in [0.2, 0.25) is 0 Å². The van der Waals surface area contributed by atoms with E-state index < -0.39 is 0 Å². The summed E-state index contributed by atoms with van der Waals surface area (Å²) >= 11 is 0. The van der Waals surface area contributed by atoms with Gasteiger partial charge in [0.05, 0.1) is 0 Å². The smallest absolute Gasteiger partial charge is 0.0223 e. The topological polar surface area (TPSA) is 29.3 Å². The quantitative estimate of drug-likeness (QED) is 0.362. The fourth-order valence-corrected chi connectivity index (χ4v) is 0.374. The summed E-state index contributed by atoms with van der Waals surface area (Å²) in [6.07, 6.45) is 3.55. The van der Waals surface area contributed by atoms with Gasteiger partial charge in [0.15, 0.2) is 0 Å². The first-order valence-electron chi connectivity index (χ1n) is 3.45. The lowest BCUT2D eigenvalue weighted by atomic mass is 10.3. The first kappa shape index (κ1) is 12.0. The lowest BCUT2D eigenvalue weighted by Gasteiger charge is -2.03. The Kier molecular flexibility index (Phi) is 9.86. The minimum absolute atomic E-state index is 1.06. The lowest BCUT2D eigenvalue weighted by molar-refractivity contribution is 0.482. The molecule has 0 aliphatic heterocycles. The Bertz CT molecular complexity index is 104. The molecule has 0 fully saturated rings. The Morgan fingerprint density at radius 3 is 2.00 bits per heavy atom. The van der Waals surface area contributed by atoms with Gasteiger partial charge in [-0.2, -0.15) is 0 Å². The Labute approximate surface area is 64.0 Å². The second kappa shape index (κ2) is 8.24. The van der Waals surface area contributed by atoms with Gasteiger partial charge < -0.3 is 5.01 Å². The van der Waals surface area contributed by atoms with Gasteiger partial charge in [0.2, 0.25) is 0 Å². The van der Waals surface area contributed by atoms with Crippen LogP contribution >= 0.6 is 0 Å². The van der Waals surface area contributed by atoms with Gasteiger partial charge in [0, 0.05) is 13.2 Å². The minimum atomic E-state index is 1.06. The van der Waals surface area contributed by atoms with Crippen molar-refractivity contribution in [1.29, 1.82) is 0 Å². The molecule has 0 atom stereocenters. The molecule has 0 bridgehead atoms. The molecule has 0 aromatic rings. The molecule has 0 saturated carbocycles. The summed E-state index contributed by atoms with van der Waals surface area (Å²) in [5.41, 5.74) is 1.06. The summed E-state index contributed by atoms with van der Waals surface area (Å²) in [5, 5.41) is 1.50. The van der Waals surface area contributed by atoms with Crippen molar-refractivity contribution in [2.24, 2.45) is 5.84 Å². The second-order valence-electron chi connectivity index (χ2n) is 1.74. The fraction of sp³-hybridized carbons (Fsp3) is 0.500. The average Bonchev–Trinajstić information content (AvgIpc) is 1.91. The predicted molar refractivity (Wildman–Crippen MR) is 47.3 cm³/mol. The number of rotatable bonds is 2. The lowest BCUT2D eigenvalue weighted by Crippen LogP contribution is -2.18. The van der Waals surface area contributed by atoms with Gasteiger partial charge in [0.25, 0.3) is 0 Å². The van der Waals surface area contributed by atoms with Gasteiger partial charge in [-0.3, -0.25) is 0 Å². The Balaban J connectivity index is 0. The first-order valence-corrected chi connectivity index (χ1v) is 3.45. The van der Waals surface area contributed by atoms with Crippen LogP contribution in [0.5, 0.6) is 0 Å². The zero-order valence-electron chi connectivity index (χ0n) is 7.39. The Morgan fingerprint density at radius 1 is 1.50 bits per heavy atom. The summed E-state index contributed by atoms with van der Waals surface area (Å²) in [7, 11) is 1.77. The van der Waals surface area contributed by atoms with E-state index in [1.54, 1.807) is 19.3 Å². The molecule has 0 aromatic heterocycles. The van der Waals surface area contributed by atoms with Crippen molar-refractivity contribution in [2.75, 3.05) is 7.05 Å². The molecule has 60 valence electrons. The van der Waals surface area contributed by atoms with Crippen LogP contribution in [-0.4, -0.2) is 12.1 Å². The summed E-state index contributed by atoms with van der Waals surface area (Å²) < 4.78 is 0. The van der Waals surface area contributed by atoms with Crippen molar-refractivity contribution < 1.29 is 0 Å². The molecule has 0 rings (SSSR count). The molecule has 0 heterocycles. The molecule has 2 N–H and O–H groups in total. The molecule has 0 saturated heterocycles. The Hall–Kier alpha value is -0.760. The maximum Gasteiger partial charge on any atom is 0.0223 e. The summed E-state index contributed by atoms with van der Waals surface area (Å²) in [4.78, 5) is 0. The van der Waals surface area contributed by atoms with Gasteiger partial charge in [-0.1, -0.05) is 26.5 Å². The van der Waals surface area contributed by atoms with Crippen LogP contribution in [0.1, 0.15) is 20.8 Å². The third-order valence-electron chi connectivity index (χ3n) is 0.729. The van der Waals surface area contributed by atoms with Crippen molar-refractivity contribution in [1.82, 2.24) is 5.01 Å². The van der Waals surface area contributed by atoms with Crippen molar-refractivity contribution >= 4 is 0 Å². The van der Waals surface area contributed by atoms with Crippen LogP contribution in [0.25, 0.3) is 0 Å². The number of allylic oxidation sites excluding steroid dienone is 2. The highest BCUT2D eigenvalue weighted by molar-refractivity contribution is 5.11. The van der Waals surface area contributed by atoms with Gasteiger partial charge in [-0.05, 0) is 12.5 Å². The molecule has 2 nitrogen and oxygen atoms in total. The highest BCUT2D eigenvalue weighted by Crippen LogP contribution is 1.90. The van der Waals surface area contributed by atoms with Crippen LogP contribution in [-0.2, 0) is 0 Å². The largest absolute Gasteiger partial charge is 0.321 e. The maximum absolute atomic E-state index is 5.28. The van der Waals surface area contributed by atoms with E-state index in [2.05, 4.69) is 6.58 Å². The highest BCUT2D eigenvalue weighted by atomic mass is 15.4. The number of nitrogens with zero attached hydrogens (tertiary/aromatic N) is 1.